The molecule has 0 unspecified atom stereocenters. The van der Waals surface area contributed by atoms with Crippen molar-refractivity contribution in [1.82, 2.24) is 5.32 Å². The monoisotopic (exact) mass is 216 g/mol. The van der Waals surface area contributed by atoms with Gasteiger partial charge < -0.3 is 10.6 Å². The second kappa shape index (κ2) is 3.81. The molecule has 3 nitrogen and oxygen atoms in total. The van der Waals surface area contributed by atoms with Crippen LogP contribution in [0.4, 0.5) is 5.69 Å². The predicted octanol–water partition coefficient (Wildman–Crippen LogP) is 2.15. The summed E-state index contributed by atoms with van der Waals surface area (Å²) in [6.07, 6.45) is 4.76. The Morgan fingerprint density at radius 3 is 2.56 bits per heavy atom. The van der Waals surface area contributed by atoms with Crippen LogP contribution in [0, 0.1) is 0 Å². The maximum atomic E-state index is 11.8. The Morgan fingerprint density at radius 2 is 1.88 bits per heavy atom. The van der Waals surface area contributed by atoms with Gasteiger partial charge in [-0.25, -0.2) is 0 Å². The van der Waals surface area contributed by atoms with Crippen LogP contribution >= 0.6 is 0 Å². The van der Waals surface area contributed by atoms with Crippen molar-refractivity contribution in [2.75, 3.05) is 5.32 Å². The first-order valence-corrected chi connectivity index (χ1v) is 5.99. The van der Waals surface area contributed by atoms with Gasteiger partial charge in [0.05, 0.1) is 0 Å². The normalized spacial score (nSPS) is 19.2. The van der Waals surface area contributed by atoms with Gasteiger partial charge in [0.2, 0.25) is 0 Å². The average Bonchev–Trinajstić information content (AvgIpc) is 3.14. The molecule has 2 saturated carbocycles. The van der Waals surface area contributed by atoms with Crippen LogP contribution in [0.15, 0.2) is 24.3 Å². The summed E-state index contributed by atoms with van der Waals surface area (Å²) in [6, 6.07) is 8.82. The Hall–Kier alpha value is -1.51. The topological polar surface area (TPSA) is 41.1 Å². The van der Waals surface area contributed by atoms with Gasteiger partial charge in [0, 0.05) is 23.3 Å². The number of anilines is 1. The molecule has 0 saturated heterocycles. The van der Waals surface area contributed by atoms with E-state index in [9.17, 15) is 4.79 Å². The van der Waals surface area contributed by atoms with Crippen molar-refractivity contribution < 1.29 is 4.79 Å². The number of hydrogen-bond acceptors (Lipinski definition) is 2. The van der Waals surface area contributed by atoms with Gasteiger partial charge in [-0.2, -0.15) is 0 Å². The summed E-state index contributed by atoms with van der Waals surface area (Å²) < 4.78 is 0. The maximum absolute atomic E-state index is 11.8. The zero-order chi connectivity index (χ0) is 11.0. The van der Waals surface area contributed by atoms with Crippen molar-refractivity contribution in [3.63, 3.8) is 0 Å². The molecule has 16 heavy (non-hydrogen) atoms. The summed E-state index contributed by atoms with van der Waals surface area (Å²) in [5, 5.41) is 6.40. The van der Waals surface area contributed by atoms with E-state index in [1.54, 1.807) is 0 Å². The maximum Gasteiger partial charge on any atom is 0.251 e. The Balaban J connectivity index is 1.69. The molecule has 3 rings (SSSR count). The molecule has 1 aromatic rings. The third kappa shape index (κ3) is 2.35. The number of carbonyl (C=O) groups excluding carboxylic acids is 1. The van der Waals surface area contributed by atoms with Gasteiger partial charge in [-0.1, -0.05) is 6.07 Å². The van der Waals surface area contributed by atoms with Gasteiger partial charge in [0.1, 0.15) is 0 Å². The van der Waals surface area contributed by atoms with Crippen LogP contribution in [0.3, 0.4) is 0 Å². The Labute approximate surface area is 95.2 Å². The molecule has 1 aromatic carbocycles. The molecule has 0 radical (unpaired) electrons. The van der Waals surface area contributed by atoms with Gasteiger partial charge in [-0.05, 0) is 43.9 Å². The number of nitrogens with one attached hydrogen (secondary N) is 2. The van der Waals surface area contributed by atoms with Crippen LogP contribution < -0.4 is 10.6 Å². The molecule has 2 fully saturated rings. The molecule has 0 bridgehead atoms. The number of amides is 1. The lowest BCUT2D eigenvalue weighted by Gasteiger charge is -2.07. The van der Waals surface area contributed by atoms with E-state index in [1.807, 2.05) is 24.3 Å². The van der Waals surface area contributed by atoms with Crippen LogP contribution in [0.2, 0.25) is 0 Å². The van der Waals surface area contributed by atoms with Crippen LogP contribution in [0.25, 0.3) is 0 Å². The van der Waals surface area contributed by atoms with Crippen LogP contribution in [-0.2, 0) is 0 Å². The minimum absolute atomic E-state index is 0.0574. The van der Waals surface area contributed by atoms with Gasteiger partial charge in [-0.15, -0.1) is 0 Å². The van der Waals surface area contributed by atoms with Gasteiger partial charge in [0.25, 0.3) is 5.91 Å². The first kappa shape index (κ1) is 9.70. The minimum Gasteiger partial charge on any atom is -0.382 e. The van der Waals surface area contributed by atoms with Crippen LogP contribution in [-0.4, -0.2) is 18.0 Å². The largest absolute Gasteiger partial charge is 0.382 e. The van der Waals surface area contributed by atoms with Crippen LogP contribution in [0.5, 0.6) is 0 Å². The van der Waals surface area contributed by atoms with Crippen molar-refractivity contribution in [1.29, 1.82) is 0 Å². The Morgan fingerprint density at radius 1 is 1.12 bits per heavy atom. The molecule has 84 valence electrons. The molecule has 0 aliphatic heterocycles. The SMILES string of the molecule is O=C(NC1CC1)c1cccc(NC2CC2)c1. The lowest BCUT2D eigenvalue weighted by atomic mass is 10.2. The molecular weight excluding hydrogens is 200 g/mol. The van der Waals surface area contributed by atoms with Crippen molar-refractivity contribution in [3.8, 4) is 0 Å². The highest BCUT2D eigenvalue weighted by Crippen LogP contribution is 2.25. The molecule has 3 heteroatoms. The molecule has 1 amide bonds. The molecule has 2 aliphatic rings. The summed E-state index contributed by atoms with van der Waals surface area (Å²) in [6.45, 7) is 0. The second-order valence-electron chi connectivity index (χ2n) is 4.75. The number of carbonyl (C=O) groups is 1. The average molecular weight is 216 g/mol. The fraction of sp³-hybridized carbons (Fsp3) is 0.462. The first-order valence-electron chi connectivity index (χ1n) is 5.99. The fourth-order valence-corrected chi connectivity index (χ4v) is 1.71. The zero-order valence-corrected chi connectivity index (χ0v) is 9.20. The lowest BCUT2D eigenvalue weighted by Crippen LogP contribution is -2.25. The third-order valence-corrected chi connectivity index (χ3v) is 2.99. The summed E-state index contributed by atoms with van der Waals surface area (Å²) in [7, 11) is 0. The molecule has 0 atom stereocenters. The van der Waals surface area contributed by atoms with E-state index in [0.29, 0.717) is 12.1 Å². The number of hydrogen-bond donors (Lipinski definition) is 2. The van der Waals surface area contributed by atoms with E-state index in [4.69, 9.17) is 0 Å². The first-order chi connectivity index (χ1) is 7.81. The lowest BCUT2D eigenvalue weighted by molar-refractivity contribution is 0.0951. The van der Waals surface area contributed by atoms with Crippen molar-refractivity contribution in [3.05, 3.63) is 29.8 Å². The predicted molar refractivity (Wildman–Crippen MR) is 63.6 cm³/mol. The molecule has 0 spiro atoms. The highest BCUT2D eigenvalue weighted by Gasteiger charge is 2.24. The highest BCUT2D eigenvalue weighted by atomic mass is 16.1. The molecule has 2 aliphatic carbocycles. The van der Waals surface area contributed by atoms with E-state index in [2.05, 4.69) is 10.6 Å². The number of benzene rings is 1. The standard InChI is InChI=1S/C13H16N2O/c16-13(15-11-6-7-11)9-2-1-3-12(8-9)14-10-4-5-10/h1-3,8,10-11,14H,4-7H2,(H,15,16). The summed E-state index contributed by atoms with van der Waals surface area (Å²) in [5.41, 5.74) is 1.82. The molecule has 0 aromatic heterocycles. The van der Waals surface area contributed by atoms with Crippen molar-refractivity contribution >= 4 is 11.6 Å². The zero-order valence-electron chi connectivity index (χ0n) is 9.20. The quantitative estimate of drug-likeness (QED) is 0.809. The van der Waals surface area contributed by atoms with E-state index in [1.165, 1.54) is 12.8 Å². The third-order valence-electron chi connectivity index (χ3n) is 2.99. The van der Waals surface area contributed by atoms with Crippen LogP contribution in [0.1, 0.15) is 36.0 Å². The van der Waals surface area contributed by atoms with E-state index in [-0.39, 0.29) is 5.91 Å². The summed E-state index contributed by atoms with van der Waals surface area (Å²) in [4.78, 5) is 11.8. The smallest absolute Gasteiger partial charge is 0.251 e. The van der Waals surface area contributed by atoms with E-state index >= 15 is 0 Å². The number of rotatable bonds is 4. The van der Waals surface area contributed by atoms with E-state index in [0.717, 1.165) is 24.1 Å². The Bertz CT molecular complexity index is 408. The van der Waals surface area contributed by atoms with Gasteiger partial charge >= 0.3 is 0 Å². The summed E-state index contributed by atoms with van der Waals surface area (Å²) >= 11 is 0. The Kier molecular flexibility index (Phi) is 2.31. The second-order valence-corrected chi connectivity index (χ2v) is 4.75. The van der Waals surface area contributed by atoms with E-state index < -0.39 is 0 Å². The molecule has 0 heterocycles. The fourth-order valence-electron chi connectivity index (χ4n) is 1.71. The van der Waals surface area contributed by atoms with Crippen molar-refractivity contribution in [2.45, 2.75) is 37.8 Å². The minimum atomic E-state index is 0.0574. The summed E-state index contributed by atoms with van der Waals surface area (Å²) in [5.74, 6) is 0.0574. The van der Waals surface area contributed by atoms with Gasteiger partial charge in [0.15, 0.2) is 0 Å². The molecule has 2 N–H and O–H groups in total. The van der Waals surface area contributed by atoms with Gasteiger partial charge in [-0.3, -0.25) is 4.79 Å². The molecular formula is C13H16N2O. The van der Waals surface area contributed by atoms with Crippen molar-refractivity contribution in [2.24, 2.45) is 0 Å². The highest BCUT2D eigenvalue weighted by molar-refractivity contribution is 5.95.